The standard InChI is InChI=1S/2C19H32F2O3.2C18H30F2O2/c1-16(2,3)19(20,21)9-15(22)10-24-12-17-5-13-4-14(6-17)8-18(23,7-13)11-17;1-17(2,3)19(20,21)9-15(22)10-24-11-18-6-12-4-13(7-18)16(23)14(5-12)8-18;1-15(2,3)18(19,20)4-5-22-12-16-7-13-6-14(8-16)10-17(21,9-13)11-16;1-16(2,3)18(19,20)4-5-22-11-17-8-12-6-13(9-17)15(21)14(7-12)10-17/h13-15,22-23H,4-12H2,1-3H3;12-16,22-23H,4-11H2,1-3H3;13-14,21H,4-12H2,1-3H3;12-15,21H,4-11H2,1-3H3. The highest BCUT2D eigenvalue weighted by atomic mass is 19.3. The van der Waals surface area contributed by atoms with Crippen molar-refractivity contribution in [3.63, 3.8) is 0 Å². The van der Waals surface area contributed by atoms with Gasteiger partial charge in [0.1, 0.15) is 0 Å². The highest BCUT2D eigenvalue weighted by Gasteiger charge is 2.61. The van der Waals surface area contributed by atoms with Crippen LogP contribution in [-0.4, -0.2) is 143 Å². The lowest BCUT2D eigenvalue weighted by Gasteiger charge is -2.60. The average Bonchev–Trinajstić information content (AvgIpc) is 0.765. The van der Waals surface area contributed by atoms with Crippen molar-refractivity contribution < 1.29 is 84.7 Å². The molecule has 10 nitrogen and oxygen atoms in total. The molecule has 16 fully saturated rings. The monoisotopic (exact) mass is 1320 g/mol. The fourth-order valence-corrected chi connectivity index (χ4v) is 21.7. The third-order valence-electron chi connectivity index (χ3n) is 25.8. The number of halogens is 8. The van der Waals surface area contributed by atoms with Crippen molar-refractivity contribution in [2.24, 2.45) is 102 Å². The van der Waals surface area contributed by atoms with E-state index in [1.807, 2.05) is 0 Å². The predicted molar refractivity (Wildman–Crippen MR) is 339 cm³/mol. The van der Waals surface area contributed by atoms with E-state index in [2.05, 4.69) is 0 Å². The highest BCUT2D eigenvalue weighted by molar-refractivity contribution is 5.11. The van der Waals surface area contributed by atoms with Gasteiger partial charge in [-0.05, 0) is 222 Å². The minimum atomic E-state index is -2.92. The molecule has 16 aliphatic carbocycles. The molecular formula is C74H124F8O10. The normalized spacial score (nSPS) is 40.6. The summed E-state index contributed by atoms with van der Waals surface area (Å²) >= 11 is 0. The zero-order valence-corrected chi connectivity index (χ0v) is 58.5. The van der Waals surface area contributed by atoms with E-state index in [0.29, 0.717) is 79.7 Å². The molecule has 0 aliphatic heterocycles. The van der Waals surface area contributed by atoms with Crippen LogP contribution in [-0.2, 0) is 18.9 Å². The summed E-state index contributed by atoms with van der Waals surface area (Å²) in [5.41, 5.74) is -5.10. The van der Waals surface area contributed by atoms with Crippen LogP contribution in [0, 0.1) is 102 Å². The maximum Gasteiger partial charge on any atom is 0.255 e. The molecule has 16 aliphatic rings. The summed E-state index contributed by atoms with van der Waals surface area (Å²) in [5.74, 6) is -5.82. The molecule has 16 saturated carbocycles. The Balaban J connectivity index is 0.000000145. The van der Waals surface area contributed by atoms with Gasteiger partial charge in [-0.1, -0.05) is 83.1 Å². The van der Waals surface area contributed by atoms with Crippen molar-refractivity contribution in [1.29, 1.82) is 0 Å². The quantitative estimate of drug-likeness (QED) is 0.0455. The first-order valence-electron chi connectivity index (χ1n) is 36.1. The van der Waals surface area contributed by atoms with Gasteiger partial charge in [-0.25, -0.2) is 35.1 Å². The molecule has 0 aromatic carbocycles. The van der Waals surface area contributed by atoms with Gasteiger partial charge in [0, 0.05) is 47.3 Å². The molecule has 0 aromatic rings. The Morgan fingerprint density at radius 2 is 0.609 bits per heavy atom. The van der Waals surface area contributed by atoms with E-state index in [-0.39, 0.29) is 73.1 Å². The lowest BCUT2D eigenvalue weighted by Crippen LogP contribution is -2.57. The van der Waals surface area contributed by atoms with E-state index in [9.17, 15) is 65.8 Å². The number of aliphatic hydroxyl groups is 6. The number of ether oxygens (including phenoxy) is 4. The Hall–Kier alpha value is -0.960. The minimum absolute atomic E-state index is 0.00883. The van der Waals surface area contributed by atoms with Crippen LogP contribution in [0.3, 0.4) is 0 Å². The zero-order valence-electron chi connectivity index (χ0n) is 58.5. The van der Waals surface area contributed by atoms with Crippen molar-refractivity contribution in [1.82, 2.24) is 0 Å². The van der Waals surface area contributed by atoms with Gasteiger partial charge in [0.15, 0.2) is 0 Å². The summed E-state index contributed by atoms with van der Waals surface area (Å²) in [6.07, 6.45) is 18.8. The molecule has 0 aromatic heterocycles. The first kappa shape index (κ1) is 75.2. The smallest absolute Gasteiger partial charge is 0.255 e. The number of rotatable bonds is 22. The largest absolute Gasteiger partial charge is 0.393 e. The molecule has 0 heterocycles. The van der Waals surface area contributed by atoms with Gasteiger partial charge < -0.3 is 49.6 Å². The predicted octanol–water partition coefficient (Wildman–Crippen LogP) is 16.1. The van der Waals surface area contributed by atoms with Gasteiger partial charge in [0.25, 0.3) is 23.7 Å². The summed E-state index contributed by atoms with van der Waals surface area (Å²) < 4.78 is 135. The molecule has 0 saturated heterocycles. The van der Waals surface area contributed by atoms with Gasteiger partial charge in [-0.2, -0.15) is 0 Å². The highest BCUT2D eigenvalue weighted by Crippen LogP contribution is 2.65. The summed E-state index contributed by atoms with van der Waals surface area (Å²) in [4.78, 5) is 0. The molecule has 0 radical (unpaired) electrons. The molecule has 92 heavy (non-hydrogen) atoms. The summed E-state index contributed by atoms with van der Waals surface area (Å²) in [6.45, 7) is 20.7. The number of alkyl halides is 8. The van der Waals surface area contributed by atoms with E-state index in [1.54, 1.807) is 41.5 Å². The first-order valence-corrected chi connectivity index (χ1v) is 36.1. The maximum atomic E-state index is 14.0. The van der Waals surface area contributed by atoms with Crippen LogP contribution in [0.4, 0.5) is 35.1 Å². The van der Waals surface area contributed by atoms with Crippen LogP contribution in [0.2, 0.25) is 0 Å². The fourth-order valence-electron chi connectivity index (χ4n) is 21.7. The van der Waals surface area contributed by atoms with Crippen molar-refractivity contribution in [3.05, 3.63) is 0 Å². The van der Waals surface area contributed by atoms with E-state index < -0.39 is 81.6 Å². The molecule has 16 rings (SSSR count). The summed E-state index contributed by atoms with van der Waals surface area (Å²) in [5, 5.41) is 61.9. The molecule has 10 atom stereocenters. The first-order chi connectivity index (χ1) is 42.1. The molecule has 18 heteroatoms. The van der Waals surface area contributed by atoms with Crippen LogP contribution in [0.25, 0.3) is 0 Å². The van der Waals surface area contributed by atoms with Gasteiger partial charge in [0.05, 0.1) is 88.5 Å². The molecule has 6 N–H and O–H groups in total. The van der Waals surface area contributed by atoms with Crippen LogP contribution < -0.4 is 0 Å². The lowest BCUT2D eigenvalue weighted by atomic mass is 9.48. The Kier molecular flexibility index (Phi) is 22.0. The van der Waals surface area contributed by atoms with Crippen molar-refractivity contribution in [2.75, 3.05) is 52.9 Å². The van der Waals surface area contributed by atoms with Crippen molar-refractivity contribution >= 4 is 0 Å². The molecule has 16 bridgehead atoms. The fraction of sp³-hybridized carbons (Fsp3) is 1.00. The Bertz CT molecular complexity index is 2370. The number of hydrogen-bond acceptors (Lipinski definition) is 10. The van der Waals surface area contributed by atoms with Gasteiger partial charge in [-0.3, -0.25) is 0 Å². The second kappa shape index (κ2) is 26.9. The molecule has 0 amide bonds. The van der Waals surface area contributed by atoms with E-state index in [4.69, 9.17) is 18.9 Å². The van der Waals surface area contributed by atoms with Gasteiger partial charge in [0.2, 0.25) is 0 Å². The average molecular weight is 1330 g/mol. The van der Waals surface area contributed by atoms with Crippen molar-refractivity contribution in [3.8, 4) is 0 Å². The van der Waals surface area contributed by atoms with Crippen LogP contribution in [0.1, 0.15) is 250 Å². The summed E-state index contributed by atoms with van der Waals surface area (Å²) in [6, 6.07) is 0. The molecule has 536 valence electrons. The molecule has 10 unspecified atom stereocenters. The summed E-state index contributed by atoms with van der Waals surface area (Å²) in [7, 11) is 0. The van der Waals surface area contributed by atoms with E-state index >= 15 is 0 Å². The Labute approximate surface area is 547 Å². The second-order valence-corrected chi connectivity index (χ2v) is 38.5. The molecular weight excluding hydrogens is 1200 g/mol. The van der Waals surface area contributed by atoms with Crippen LogP contribution >= 0.6 is 0 Å². The maximum absolute atomic E-state index is 14.0. The van der Waals surface area contributed by atoms with Gasteiger partial charge >= 0.3 is 0 Å². The minimum Gasteiger partial charge on any atom is -0.393 e. The zero-order chi connectivity index (χ0) is 68.0. The van der Waals surface area contributed by atoms with E-state index in [0.717, 1.165) is 128 Å². The van der Waals surface area contributed by atoms with Crippen LogP contribution in [0.15, 0.2) is 0 Å². The number of aliphatic hydroxyl groups excluding tert-OH is 4. The SMILES string of the molecule is CC(C)(C)C(F)(F)CC(O)COCC12CC3CC(C1)C(O)C(C3)C2.CC(C)(C)C(F)(F)CC(O)COCC12CC3CC(CC(O)(C3)C1)C2.CC(C)(C)C(F)(F)CCOCC12CC3CC(C1)C(O)C(C3)C2.CC(C)(C)C(F)(F)CCOCC12CC3CC(CC(O)(C3)C1)C2. The van der Waals surface area contributed by atoms with Crippen molar-refractivity contribution in [2.45, 2.75) is 309 Å². The van der Waals surface area contributed by atoms with Gasteiger partial charge in [-0.15, -0.1) is 0 Å². The Morgan fingerprint density at radius 3 is 0.891 bits per heavy atom. The number of hydrogen-bond donors (Lipinski definition) is 6. The topological polar surface area (TPSA) is 158 Å². The third-order valence-corrected chi connectivity index (χ3v) is 25.8. The Morgan fingerprint density at radius 1 is 0.348 bits per heavy atom. The second-order valence-electron chi connectivity index (χ2n) is 38.5. The lowest BCUT2D eigenvalue weighted by molar-refractivity contribution is -0.186. The van der Waals surface area contributed by atoms with Crippen LogP contribution in [0.5, 0.6) is 0 Å². The van der Waals surface area contributed by atoms with E-state index in [1.165, 1.54) is 60.8 Å². The molecule has 0 spiro atoms. The third kappa shape index (κ3) is 17.4.